The molecule has 1 aliphatic carbocycles. The summed E-state index contributed by atoms with van der Waals surface area (Å²) in [4.78, 5) is 13.8. The van der Waals surface area contributed by atoms with Crippen LogP contribution in [-0.2, 0) is 4.74 Å². The number of alkyl carbamates (subject to hydrolysis) is 1. The predicted molar refractivity (Wildman–Crippen MR) is 97.6 cm³/mol. The van der Waals surface area contributed by atoms with E-state index in [-0.39, 0.29) is 19.1 Å². The van der Waals surface area contributed by atoms with E-state index in [1.54, 1.807) is 0 Å². The standard InChI is InChI=1S/C20H24N2O3/c1-22(2)12-14(23)11-21-20(24)25-13-19-17-9-5-3-7-15(17)16-8-4-6-10-18(16)19/h3-10,14,19,23H,11-13H2,1-2H3,(H,21,24)/t14-/m0/s1. The highest BCUT2D eigenvalue weighted by atomic mass is 16.5. The Morgan fingerprint density at radius 1 is 1.12 bits per heavy atom. The van der Waals surface area contributed by atoms with Crippen molar-refractivity contribution in [1.82, 2.24) is 10.2 Å². The Kier molecular flexibility index (Phi) is 5.36. The molecule has 1 aliphatic rings. The van der Waals surface area contributed by atoms with Gasteiger partial charge in [0.15, 0.2) is 0 Å². The van der Waals surface area contributed by atoms with Crippen LogP contribution in [-0.4, -0.2) is 56.0 Å². The molecule has 2 aromatic carbocycles. The summed E-state index contributed by atoms with van der Waals surface area (Å²) in [7, 11) is 3.74. The fourth-order valence-electron chi connectivity index (χ4n) is 3.34. The Bertz CT molecular complexity index is 700. The predicted octanol–water partition coefficient (Wildman–Crippen LogP) is 2.45. The number of ether oxygens (including phenoxy) is 1. The van der Waals surface area contributed by atoms with Crippen LogP contribution in [0.5, 0.6) is 0 Å². The molecular weight excluding hydrogens is 316 g/mol. The average Bonchev–Trinajstić information content (AvgIpc) is 2.92. The number of fused-ring (bicyclic) bond motifs is 3. The first-order valence-electron chi connectivity index (χ1n) is 8.48. The second-order valence-electron chi connectivity index (χ2n) is 6.62. The van der Waals surface area contributed by atoms with Crippen molar-refractivity contribution >= 4 is 6.09 Å². The fourth-order valence-corrected chi connectivity index (χ4v) is 3.34. The number of amides is 1. The molecule has 5 heteroatoms. The third kappa shape index (κ3) is 4.00. The molecule has 132 valence electrons. The van der Waals surface area contributed by atoms with Crippen LogP contribution in [0.2, 0.25) is 0 Å². The van der Waals surface area contributed by atoms with Gasteiger partial charge in [-0.3, -0.25) is 0 Å². The van der Waals surface area contributed by atoms with E-state index in [9.17, 15) is 9.90 Å². The van der Waals surface area contributed by atoms with Crippen LogP contribution in [0.4, 0.5) is 4.79 Å². The lowest BCUT2D eigenvalue weighted by molar-refractivity contribution is 0.115. The topological polar surface area (TPSA) is 61.8 Å². The monoisotopic (exact) mass is 340 g/mol. The number of carbonyl (C=O) groups excluding carboxylic acids is 1. The van der Waals surface area contributed by atoms with Crippen LogP contribution >= 0.6 is 0 Å². The van der Waals surface area contributed by atoms with Crippen molar-refractivity contribution < 1.29 is 14.6 Å². The molecule has 3 rings (SSSR count). The van der Waals surface area contributed by atoms with Crippen LogP contribution in [0.15, 0.2) is 48.5 Å². The van der Waals surface area contributed by atoms with Crippen molar-refractivity contribution in [3.63, 3.8) is 0 Å². The Hall–Kier alpha value is -2.37. The van der Waals surface area contributed by atoms with Gasteiger partial charge in [0.2, 0.25) is 0 Å². The molecule has 25 heavy (non-hydrogen) atoms. The number of aliphatic hydroxyl groups is 1. The molecule has 0 heterocycles. The van der Waals surface area contributed by atoms with E-state index < -0.39 is 12.2 Å². The largest absolute Gasteiger partial charge is 0.449 e. The van der Waals surface area contributed by atoms with Gasteiger partial charge in [-0.05, 0) is 36.3 Å². The van der Waals surface area contributed by atoms with Crippen molar-refractivity contribution in [2.24, 2.45) is 0 Å². The number of nitrogens with zero attached hydrogens (tertiary/aromatic N) is 1. The van der Waals surface area contributed by atoms with Crippen LogP contribution in [0, 0.1) is 0 Å². The first kappa shape index (κ1) is 17.5. The minimum absolute atomic E-state index is 0.0462. The highest BCUT2D eigenvalue weighted by Crippen LogP contribution is 2.44. The zero-order valence-electron chi connectivity index (χ0n) is 14.6. The molecule has 0 fully saturated rings. The summed E-state index contributed by atoms with van der Waals surface area (Å²) in [6, 6.07) is 16.4. The number of carbonyl (C=O) groups is 1. The molecule has 0 aromatic heterocycles. The van der Waals surface area contributed by atoms with Gasteiger partial charge in [0.1, 0.15) is 6.61 Å². The quantitative estimate of drug-likeness (QED) is 0.848. The molecule has 1 amide bonds. The molecule has 0 radical (unpaired) electrons. The van der Waals surface area contributed by atoms with Gasteiger partial charge in [0.05, 0.1) is 6.10 Å². The molecule has 2 aromatic rings. The van der Waals surface area contributed by atoms with Crippen molar-refractivity contribution in [2.45, 2.75) is 12.0 Å². The molecule has 0 saturated carbocycles. The summed E-state index contributed by atoms with van der Waals surface area (Å²) in [5.41, 5.74) is 4.77. The minimum atomic E-state index is -0.615. The first-order chi connectivity index (χ1) is 12.1. The maximum atomic E-state index is 12.0. The smallest absolute Gasteiger partial charge is 0.407 e. The summed E-state index contributed by atoms with van der Waals surface area (Å²) < 4.78 is 5.42. The van der Waals surface area contributed by atoms with Crippen molar-refractivity contribution in [3.8, 4) is 11.1 Å². The van der Waals surface area contributed by atoms with E-state index in [1.165, 1.54) is 22.3 Å². The third-order valence-corrected chi connectivity index (χ3v) is 4.40. The van der Waals surface area contributed by atoms with E-state index in [4.69, 9.17) is 4.74 Å². The van der Waals surface area contributed by atoms with Crippen LogP contribution in [0.3, 0.4) is 0 Å². The van der Waals surface area contributed by atoms with Crippen LogP contribution in [0.1, 0.15) is 17.0 Å². The first-order valence-corrected chi connectivity index (χ1v) is 8.48. The Morgan fingerprint density at radius 2 is 1.68 bits per heavy atom. The summed E-state index contributed by atoms with van der Waals surface area (Å²) in [6.07, 6.45) is -1.12. The molecule has 0 bridgehead atoms. The molecule has 0 spiro atoms. The second kappa shape index (κ2) is 7.68. The average molecular weight is 340 g/mol. The SMILES string of the molecule is CN(C)C[C@@H](O)CNC(=O)OCC1c2ccccc2-c2ccccc21. The maximum Gasteiger partial charge on any atom is 0.407 e. The number of hydrogen-bond donors (Lipinski definition) is 2. The number of likely N-dealkylation sites (N-methyl/N-ethyl adjacent to an activating group) is 1. The highest BCUT2D eigenvalue weighted by molar-refractivity contribution is 5.79. The summed E-state index contributed by atoms with van der Waals surface area (Å²) in [5, 5.41) is 12.4. The van der Waals surface area contributed by atoms with E-state index in [2.05, 4.69) is 29.6 Å². The third-order valence-electron chi connectivity index (χ3n) is 4.40. The van der Waals surface area contributed by atoms with Gasteiger partial charge in [-0.15, -0.1) is 0 Å². The van der Waals surface area contributed by atoms with Crippen molar-refractivity contribution in [1.29, 1.82) is 0 Å². The molecule has 0 unspecified atom stereocenters. The summed E-state index contributed by atoms with van der Waals surface area (Å²) >= 11 is 0. The van der Waals surface area contributed by atoms with Gasteiger partial charge < -0.3 is 20.1 Å². The van der Waals surface area contributed by atoms with Gasteiger partial charge >= 0.3 is 6.09 Å². The summed E-state index contributed by atoms with van der Waals surface area (Å²) in [5.74, 6) is 0.0462. The van der Waals surface area contributed by atoms with Gasteiger partial charge in [-0.1, -0.05) is 48.5 Å². The number of nitrogens with one attached hydrogen (secondary N) is 1. The van der Waals surface area contributed by atoms with Crippen LogP contribution < -0.4 is 5.32 Å². The molecule has 0 aliphatic heterocycles. The number of aliphatic hydroxyl groups excluding tert-OH is 1. The van der Waals surface area contributed by atoms with E-state index in [0.29, 0.717) is 6.54 Å². The maximum absolute atomic E-state index is 12.0. The van der Waals surface area contributed by atoms with Gasteiger partial charge in [-0.25, -0.2) is 4.79 Å². The lowest BCUT2D eigenvalue weighted by Crippen LogP contribution is -2.38. The fraction of sp³-hybridized carbons (Fsp3) is 0.350. The normalized spacial score (nSPS) is 14.1. The van der Waals surface area contributed by atoms with Crippen LogP contribution in [0.25, 0.3) is 11.1 Å². The van der Waals surface area contributed by atoms with E-state index >= 15 is 0 Å². The van der Waals surface area contributed by atoms with Crippen molar-refractivity contribution in [3.05, 3.63) is 59.7 Å². The van der Waals surface area contributed by atoms with E-state index in [1.807, 2.05) is 43.3 Å². The number of rotatable bonds is 6. The Balaban J connectivity index is 1.61. The molecule has 2 N–H and O–H groups in total. The minimum Gasteiger partial charge on any atom is -0.449 e. The lowest BCUT2D eigenvalue weighted by Gasteiger charge is -2.17. The highest BCUT2D eigenvalue weighted by Gasteiger charge is 2.28. The molecule has 0 saturated heterocycles. The Morgan fingerprint density at radius 3 is 2.24 bits per heavy atom. The van der Waals surface area contributed by atoms with Gasteiger partial charge in [0, 0.05) is 19.0 Å². The van der Waals surface area contributed by atoms with E-state index in [0.717, 1.165) is 0 Å². The number of hydrogen-bond acceptors (Lipinski definition) is 4. The van der Waals surface area contributed by atoms with Gasteiger partial charge in [-0.2, -0.15) is 0 Å². The lowest BCUT2D eigenvalue weighted by atomic mass is 9.98. The second-order valence-corrected chi connectivity index (χ2v) is 6.62. The molecular formula is C20H24N2O3. The number of benzene rings is 2. The van der Waals surface area contributed by atoms with Crippen molar-refractivity contribution in [2.75, 3.05) is 33.8 Å². The van der Waals surface area contributed by atoms with Gasteiger partial charge in [0.25, 0.3) is 0 Å². The molecule has 1 atom stereocenters. The zero-order chi connectivity index (χ0) is 17.8. The molecule has 5 nitrogen and oxygen atoms in total. The Labute approximate surface area is 148 Å². The summed E-state index contributed by atoms with van der Waals surface area (Å²) in [6.45, 7) is 0.947. The zero-order valence-corrected chi connectivity index (χ0v) is 14.6.